The summed E-state index contributed by atoms with van der Waals surface area (Å²) in [7, 11) is 0. The van der Waals surface area contributed by atoms with Gasteiger partial charge in [0.1, 0.15) is 17.3 Å². The maximum absolute atomic E-state index is 13.7. The number of rotatable bonds is 6. The Morgan fingerprint density at radius 2 is 1.88 bits per heavy atom. The third kappa shape index (κ3) is 4.36. The van der Waals surface area contributed by atoms with Crippen LogP contribution in [0.2, 0.25) is 0 Å². The first-order valence-corrected chi connectivity index (χ1v) is 10.5. The molecule has 1 aliphatic heterocycles. The summed E-state index contributed by atoms with van der Waals surface area (Å²) in [5.74, 6) is 0.353. The molecular formula is C27H19FN2O3. The number of nitrogens with one attached hydrogen (secondary N) is 1. The van der Waals surface area contributed by atoms with Crippen LogP contribution in [0.4, 0.5) is 10.1 Å². The molecular weight excluding hydrogens is 419 g/mol. The Bertz CT molecular complexity index is 1390. The molecule has 0 radical (unpaired) electrons. The highest BCUT2D eigenvalue weighted by Gasteiger charge is 2.25. The number of ketones is 1. The SMILES string of the molecule is O=C1Nc2ccc(F)cc2/C1=C\c1ccc(-c2cccc(C(=O)CCc3ccncc3)c2)o1. The quantitative estimate of drug-likeness (QED) is 0.306. The van der Waals surface area contributed by atoms with Crippen LogP contribution in [-0.4, -0.2) is 16.7 Å². The normalized spacial score (nSPS) is 13.7. The molecule has 0 spiro atoms. The fourth-order valence-electron chi connectivity index (χ4n) is 3.83. The minimum absolute atomic E-state index is 0.0452. The van der Waals surface area contributed by atoms with Gasteiger partial charge in [0.25, 0.3) is 5.91 Å². The van der Waals surface area contributed by atoms with Crippen molar-refractivity contribution in [1.29, 1.82) is 0 Å². The maximum Gasteiger partial charge on any atom is 0.256 e. The van der Waals surface area contributed by atoms with Crippen LogP contribution in [0.25, 0.3) is 23.0 Å². The second-order valence-electron chi connectivity index (χ2n) is 7.76. The fourth-order valence-corrected chi connectivity index (χ4v) is 3.83. The van der Waals surface area contributed by atoms with E-state index in [4.69, 9.17) is 4.42 Å². The molecule has 5 nitrogen and oxygen atoms in total. The number of aromatic nitrogens is 1. The Hall–Kier alpha value is -4.32. The van der Waals surface area contributed by atoms with Crippen LogP contribution in [0.3, 0.4) is 0 Å². The number of benzene rings is 2. The molecule has 33 heavy (non-hydrogen) atoms. The summed E-state index contributed by atoms with van der Waals surface area (Å²) >= 11 is 0. The van der Waals surface area contributed by atoms with E-state index in [1.54, 1.807) is 42.7 Å². The van der Waals surface area contributed by atoms with Crippen LogP contribution in [0.5, 0.6) is 0 Å². The molecule has 6 heteroatoms. The van der Waals surface area contributed by atoms with Gasteiger partial charge in [-0.25, -0.2) is 4.39 Å². The Labute approximate surface area is 189 Å². The summed E-state index contributed by atoms with van der Waals surface area (Å²) in [6.45, 7) is 0. The summed E-state index contributed by atoms with van der Waals surface area (Å²) < 4.78 is 19.6. The van der Waals surface area contributed by atoms with Gasteiger partial charge in [0.15, 0.2) is 5.78 Å². The minimum atomic E-state index is -0.415. The first kappa shape index (κ1) is 20.6. The van der Waals surface area contributed by atoms with Gasteiger partial charge in [-0.2, -0.15) is 0 Å². The van der Waals surface area contributed by atoms with Gasteiger partial charge in [-0.1, -0.05) is 18.2 Å². The fraction of sp³-hybridized carbons (Fsp3) is 0.0741. The van der Waals surface area contributed by atoms with E-state index in [1.807, 2.05) is 24.3 Å². The van der Waals surface area contributed by atoms with Gasteiger partial charge in [-0.3, -0.25) is 14.6 Å². The van der Waals surface area contributed by atoms with Gasteiger partial charge in [0, 0.05) is 41.2 Å². The third-order valence-corrected chi connectivity index (χ3v) is 5.54. The highest BCUT2D eigenvalue weighted by atomic mass is 19.1. The van der Waals surface area contributed by atoms with E-state index in [-0.39, 0.29) is 11.7 Å². The van der Waals surface area contributed by atoms with Crippen LogP contribution >= 0.6 is 0 Å². The summed E-state index contributed by atoms with van der Waals surface area (Å²) in [6.07, 6.45) is 6.07. The van der Waals surface area contributed by atoms with Crippen LogP contribution in [-0.2, 0) is 11.2 Å². The Morgan fingerprint density at radius 1 is 1.03 bits per heavy atom. The van der Waals surface area contributed by atoms with Gasteiger partial charge < -0.3 is 9.73 Å². The predicted octanol–water partition coefficient (Wildman–Crippen LogP) is 5.79. The van der Waals surface area contributed by atoms with Crippen molar-refractivity contribution in [2.24, 2.45) is 0 Å². The second kappa shape index (κ2) is 8.67. The molecule has 0 unspecified atom stereocenters. The molecule has 2 aromatic carbocycles. The first-order valence-electron chi connectivity index (χ1n) is 10.5. The molecule has 4 aromatic rings. The third-order valence-electron chi connectivity index (χ3n) is 5.54. The van der Waals surface area contributed by atoms with E-state index in [2.05, 4.69) is 10.3 Å². The second-order valence-corrected chi connectivity index (χ2v) is 7.76. The van der Waals surface area contributed by atoms with Crippen molar-refractivity contribution in [3.8, 4) is 11.3 Å². The van der Waals surface area contributed by atoms with Crippen molar-refractivity contribution < 1.29 is 18.4 Å². The number of amides is 1. The monoisotopic (exact) mass is 438 g/mol. The molecule has 0 saturated heterocycles. The lowest BCUT2D eigenvalue weighted by molar-refractivity contribution is -0.110. The largest absolute Gasteiger partial charge is 0.457 e. The first-order chi connectivity index (χ1) is 16.1. The summed E-state index contributed by atoms with van der Waals surface area (Å²) in [5.41, 5.74) is 3.84. The average molecular weight is 438 g/mol. The molecule has 2 aromatic heterocycles. The van der Waals surface area contributed by atoms with Crippen LogP contribution in [0.15, 0.2) is 83.5 Å². The molecule has 5 rings (SSSR count). The number of carbonyl (C=O) groups is 2. The number of furan rings is 1. The molecule has 0 aliphatic carbocycles. The van der Waals surface area contributed by atoms with Gasteiger partial charge in [-0.15, -0.1) is 0 Å². The van der Waals surface area contributed by atoms with Crippen molar-refractivity contribution in [3.63, 3.8) is 0 Å². The van der Waals surface area contributed by atoms with Crippen LogP contribution < -0.4 is 5.32 Å². The number of Topliss-reactive ketones (excluding diaryl/α,β-unsaturated/α-hetero) is 1. The van der Waals surface area contributed by atoms with Crippen LogP contribution in [0, 0.1) is 5.82 Å². The van der Waals surface area contributed by atoms with E-state index in [0.29, 0.717) is 46.7 Å². The Kier molecular flexibility index (Phi) is 5.40. The standard InChI is InChI=1S/C27H19FN2O3/c28-20-5-7-24-22(15-20)23(27(32)30-24)16-21-6-9-26(33-21)19-3-1-2-18(14-19)25(31)8-4-17-10-12-29-13-11-17/h1-3,5-7,9-16H,4,8H2,(H,30,32)/b23-16+. The lowest BCUT2D eigenvalue weighted by Crippen LogP contribution is -2.03. The number of nitrogens with zero attached hydrogens (tertiary/aromatic N) is 1. The van der Waals surface area contributed by atoms with E-state index in [9.17, 15) is 14.0 Å². The van der Waals surface area contributed by atoms with E-state index >= 15 is 0 Å². The smallest absolute Gasteiger partial charge is 0.256 e. The van der Waals surface area contributed by atoms with Crippen LogP contribution in [0.1, 0.15) is 33.7 Å². The van der Waals surface area contributed by atoms with E-state index < -0.39 is 5.82 Å². The number of hydrogen-bond acceptors (Lipinski definition) is 4. The lowest BCUT2D eigenvalue weighted by atomic mass is 10.0. The van der Waals surface area contributed by atoms with Crippen molar-refractivity contribution >= 4 is 29.0 Å². The average Bonchev–Trinajstić information content (AvgIpc) is 3.43. The number of hydrogen-bond donors (Lipinski definition) is 1. The van der Waals surface area contributed by atoms with Gasteiger partial charge in [0.2, 0.25) is 0 Å². The highest BCUT2D eigenvalue weighted by molar-refractivity contribution is 6.34. The van der Waals surface area contributed by atoms with E-state index in [0.717, 1.165) is 11.1 Å². The molecule has 162 valence electrons. The minimum Gasteiger partial charge on any atom is -0.457 e. The van der Waals surface area contributed by atoms with Gasteiger partial charge >= 0.3 is 0 Å². The topological polar surface area (TPSA) is 72.2 Å². The zero-order chi connectivity index (χ0) is 22.8. The predicted molar refractivity (Wildman–Crippen MR) is 124 cm³/mol. The van der Waals surface area contributed by atoms with E-state index in [1.165, 1.54) is 18.2 Å². The summed E-state index contributed by atoms with van der Waals surface area (Å²) in [5, 5.41) is 2.72. The number of pyridine rings is 1. The Balaban J connectivity index is 1.35. The lowest BCUT2D eigenvalue weighted by Gasteiger charge is -2.04. The van der Waals surface area contributed by atoms with Crippen molar-refractivity contribution in [2.75, 3.05) is 5.32 Å². The number of anilines is 1. The summed E-state index contributed by atoms with van der Waals surface area (Å²) in [4.78, 5) is 29.0. The van der Waals surface area contributed by atoms with Crippen molar-refractivity contribution in [1.82, 2.24) is 4.98 Å². The number of carbonyl (C=O) groups excluding carboxylic acids is 2. The Morgan fingerprint density at radius 3 is 2.73 bits per heavy atom. The molecule has 0 saturated carbocycles. The maximum atomic E-state index is 13.7. The van der Waals surface area contributed by atoms with Gasteiger partial charge in [0.05, 0.1) is 5.57 Å². The number of aryl methyl sites for hydroxylation is 1. The van der Waals surface area contributed by atoms with Gasteiger partial charge in [-0.05, 0) is 66.6 Å². The molecule has 0 bridgehead atoms. The molecule has 1 N–H and O–H groups in total. The highest BCUT2D eigenvalue weighted by Crippen LogP contribution is 2.34. The number of halogens is 1. The molecule has 1 amide bonds. The number of fused-ring (bicyclic) bond motifs is 1. The zero-order valence-corrected chi connectivity index (χ0v) is 17.5. The van der Waals surface area contributed by atoms with Crippen molar-refractivity contribution in [2.45, 2.75) is 12.8 Å². The molecule has 3 heterocycles. The molecule has 1 aliphatic rings. The molecule has 0 fully saturated rings. The molecule has 0 atom stereocenters. The zero-order valence-electron chi connectivity index (χ0n) is 17.5. The summed E-state index contributed by atoms with van der Waals surface area (Å²) in [6, 6.07) is 18.8. The van der Waals surface area contributed by atoms with Crippen molar-refractivity contribution in [3.05, 3.63) is 107 Å².